The van der Waals surface area contributed by atoms with Crippen molar-refractivity contribution in [1.82, 2.24) is 5.32 Å². The molecule has 86 valence electrons. The van der Waals surface area contributed by atoms with Crippen LogP contribution in [0, 0.1) is 0 Å². The lowest BCUT2D eigenvalue weighted by Crippen LogP contribution is -2.30. The Morgan fingerprint density at radius 1 is 1.25 bits per heavy atom. The molecular formula is C11H13NO4. The maximum Gasteiger partial charge on any atom is 0.333 e. The highest BCUT2D eigenvalue weighted by Gasteiger charge is 2.17. The normalized spacial score (nSPS) is 11.8. The Bertz CT molecular complexity index is 364. The number of benzene rings is 1. The van der Waals surface area contributed by atoms with Gasteiger partial charge in [0, 0.05) is 6.54 Å². The molecule has 1 amide bonds. The quantitative estimate of drug-likeness (QED) is 0.662. The first kappa shape index (κ1) is 12.2. The smallest absolute Gasteiger partial charge is 0.333 e. The lowest BCUT2D eigenvalue weighted by molar-refractivity contribution is -0.149. The molecule has 0 aliphatic carbocycles. The molecule has 1 aromatic rings. The van der Waals surface area contributed by atoms with Gasteiger partial charge in [0.15, 0.2) is 6.10 Å². The van der Waals surface area contributed by atoms with Gasteiger partial charge in [-0.1, -0.05) is 30.3 Å². The Morgan fingerprint density at radius 2 is 1.88 bits per heavy atom. The molecule has 3 N–H and O–H groups in total. The summed E-state index contributed by atoms with van der Waals surface area (Å²) in [7, 11) is 0. The summed E-state index contributed by atoms with van der Waals surface area (Å²) in [4.78, 5) is 21.5. The summed E-state index contributed by atoms with van der Waals surface area (Å²) in [5.74, 6) is -1.88. The van der Waals surface area contributed by atoms with Crippen LogP contribution in [0.1, 0.15) is 12.0 Å². The standard InChI is InChI=1S/C11H13NO4/c13-9(11(15)16)6-10(14)12-7-8-4-2-1-3-5-8/h1-5,9,13H,6-7H2,(H,12,14)(H,15,16). The van der Waals surface area contributed by atoms with Crippen LogP contribution >= 0.6 is 0 Å². The average Bonchev–Trinajstić information content (AvgIpc) is 2.27. The fourth-order valence-corrected chi connectivity index (χ4v) is 1.13. The molecule has 0 aliphatic rings. The van der Waals surface area contributed by atoms with Crippen LogP contribution in [0.15, 0.2) is 30.3 Å². The monoisotopic (exact) mass is 223 g/mol. The molecule has 0 aliphatic heterocycles. The van der Waals surface area contributed by atoms with Gasteiger partial charge in [0.2, 0.25) is 5.91 Å². The summed E-state index contributed by atoms with van der Waals surface area (Å²) in [6.45, 7) is 0.325. The number of carboxylic acid groups (broad SMARTS) is 1. The number of carbonyl (C=O) groups is 2. The zero-order chi connectivity index (χ0) is 12.0. The van der Waals surface area contributed by atoms with Crippen LogP contribution in [-0.4, -0.2) is 28.2 Å². The number of hydrogen-bond donors (Lipinski definition) is 3. The predicted molar refractivity (Wildman–Crippen MR) is 56.5 cm³/mol. The van der Waals surface area contributed by atoms with Crippen LogP contribution in [0.3, 0.4) is 0 Å². The maximum atomic E-state index is 11.2. The van der Waals surface area contributed by atoms with Gasteiger partial charge in [-0.25, -0.2) is 4.79 Å². The SMILES string of the molecule is O=C(CC(O)C(=O)O)NCc1ccccc1. The Labute approximate surface area is 92.7 Å². The zero-order valence-electron chi connectivity index (χ0n) is 8.59. The lowest BCUT2D eigenvalue weighted by atomic mass is 10.2. The molecule has 1 rings (SSSR count). The predicted octanol–water partition coefficient (Wildman–Crippen LogP) is 0.138. The molecule has 0 heterocycles. The number of amides is 1. The van der Waals surface area contributed by atoms with E-state index in [-0.39, 0.29) is 0 Å². The van der Waals surface area contributed by atoms with E-state index in [4.69, 9.17) is 10.2 Å². The number of hydrogen-bond acceptors (Lipinski definition) is 3. The van der Waals surface area contributed by atoms with Crippen molar-refractivity contribution < 1.29 is 19.8 Å². The first-order valence-electron chi connectivity index (χ1n) is 4.81. The van der Waals surface area contributed by atoms with Crippen molar-refractivity contribution in [3.8, 4) is 0 Å². The van der Waals surface area contributed by atoms with Crippen molar-refractivity contribution in [2.24, 2.45) is 0 Å². The molecule has 0 saturated carbocycles. The molecule has 1 atom stereocenters. The van der Waals surface area contributed by atoms with Gasteiger partial charge in [-0.2, -0.15) is 0 Å². The topological polar surface area (TPSA) is 86.6 Å². The Morgan fingerprint density at radius 3 is 2.44 bits per heavy atom. The maximum absolute atomic E-state index is 11.2. The molecule has 1 aromatic carbocycles. The van der Waals surface area contributed by atoms with E-state index < -0.39 is 24.4 Å². The van der Waals surface area contributed by atoms with Gasteiger partial charge in [0.05, 0.1) is 6.42 Å². The number of aliphatic hydroxyl groups excluding tert-OH is 1. The van der Waals surface area contributed by atoms with Gasteiger partial charge >= 0.3 is 5.97 Å². The van der Waals surface area contributed by atoms with E-state index in [0.717, 1.165) is 5.56 Å². The van der Waals surface area contributed by atoms with Crippen LogP contribution in [0.2, 0.25) is 0 Å². The summed E-state index contributed by atoms with van der Waals surface area (Å²) < 4.78 is 0. The highest BCUT2D eigenvalue weighted by Crippen LogP contribution is 1.98. The summed E-state index contributed by atoms with van der Waals surface area (Å²) in [6.07, 6.45) is -2.07. The second kappa shape index (κ2) is 5.87. The summed E-state index contributed by atoms with van der Waals surface area (Å²) >= 11 is 0. The Balaban J connectivity index is 2.33. The number of aliphatic hydroxyl groups is 1. The van der Waals surface area contributed by atoms with Crippen LogP contribution in [0.5, 0.6) is 0 Å². The summed E-state index contributed by atoms with van der Waals surface area (Å²) in [5, 5.41) is 19.8. The fraction of sp³-hybridized carbons (Fsp3) is 0.273. The molecular weight excluding hydrogens is 210 g/mol. The minimum absolute atomic E-state index is 0.325. The van der Waals surface area contributed by atoms with Gasteiger partial charge in [0.1, 0.15) is 0 Å². The highest BCUT2D eigenvalue weighted by molar-refractivity contribution is 5.83. The van der Waals surface area contributed by atoms with E-state index in [0.29, 0.717) is 6.54 Å². The van der Waals surface area contributed by atoms with Crippen molar-refractivity contribution in [2.75, 3.05) is 0 Å². The van der Waals surface area contributed by atoms with Crippen molar-refractivity contribution >= 4 is 11.9 Å². The van der Waals surface area contributed by atoms with E-state index in [1.807, 2.05) is 30.3 Å². The lowest BCUT2D eigenvalue weighted by Gasteiger charge is -2.07. The average molecular weight is 223 g/mol. The van der Waals surface area contributed by atoms with E-state index in [9.17, 15) is 9.59 Å². The third-order valence-electron chi connectivity index (χ3n) is 2.00. The molecule has 0 spiro atoms. The van der Waals surface area contributed by atoms with E-state index in [2.05, 4.69) is 5.32 Å². The number of nitrogens with one attached hydrogen (secondary N) is 1. The molecule has 0 aromatic heterocycles. The molecule has 0 bridgehead atoms. The minimum atomic E-state index is -1.64. The van der Waals surface area contributed by atoms with E-state index in [1.165, 1.54) is 0 Å². The summed E-state index contributed by atoms with van der Waals surface area (Å²) in [6, 6.07) is 9.22. The Hall–Kier alpha value is -1.88. The molecule has 1 unspecified atom stereocenters. The largest absolute Gasteiger partial charge is 0.479 e. The molecule has 0 radical (unpaired) electrons. The highest BCUT2D eigenvalue weighted by atomic mass is 16.4. The first-order chi connectivity index (χ1) is 7.59. The molecule has 0 saturated heterocycles. The first-order valence-corrected chi connectivity index (χ1v) is 4.81. The number of rotatable bonds is 5. The number of aliphatic carboxylic acids is 1. The zero-order valence-corrected chi connectivity index (χ0v) is 8.59. The summed E-state index contributed by atoms with van der Waals surface area (Å²) in [5.41, 5.74) is 0.917. The van der Waals surface area contributed by atoms with Crippen molar-refractivity contribution in [3.05, 3.63) is 35.9 Å². The third kappa shape index (κ3) is 4.10. The van der Waals surface area contributed by atoms with Gasteiger partial charge in [-0.15, -0.1) is 0 Å². The van der Waals surface area contributed by atoms with Crippen molar-refractivity contribution in [1.29, 1.82) is 0 Å². The van der Waals surface area contributed by atoms with Crippen molar-refractivity contribution in [2.45, 2.75) is 19.1 Å². The second-order valence-corrected chi connectivity index (χ2v) is 3.32. The molecule has 16 heavy (non-hydrogen) atoms. The molecule has 5 heteroatoms. The van der Waals surface area contributed by atoms with Gasteiger partial charge in [-0.05, 0) is 5.56 Å². The third-order valence-corrected chi connectivity index (χ3v) is 2.00. The van der Waals surface area contributed by atoms with Crippen LogP contribution in [0.4, 0.5) is 0 Å². The molecule has 0 fully saturated rings. The van der Waals surface area contributed by atoms with Crippen molar-refractivity contribution in [3.63, 3.8) is 0 Å². The van der Waals surface area contributed by atoms with Gasteiger partial charge < -0.3 is 15.5 Å². The number of carboxylic acids is 1. The van der Waals surface area contributed by atoms with Crippen LogP contribution < -0.4 is 5.32 Å². The number of carbonyl (C=O) groups excluding carboxylic acids is 1. The van der Waals surface area contributed by atoms with Gasteiger partial charge in [0.25, 0.3) is 0 Å². The van der Waals surface area contributed by atoms with Crippen LogP contribution in [0.25, 0.3) is 0 Å². The van der Waals surface area contributed by atoms with E-state index in [1.54, 1.807) is 0 Å². The fourth-order valence-electron chi connectivity index (χ4n) is 1.13. The Kier molecular flexibility index (Phi) is 4.47. The van der Waals surface area contributed by atoms with Crippen LogP contribution in [-0.2, 0) is 16.1 Å². The molecule has 5 nitrogen and oxygen atoms in total. The second-order valence-electron chi connectivity index (χ2n) is 3.32. The van der Waals surface area contributed by atoms with E-state index >= 15 is 0 Å². The van der Waals surface area contributed by atoms with Gasteiger partial charge in [-0.3, -0.25) is 4.79 Å². The minimum Gasteiger partial charge on any atom is -0.479 e.